The highest BCUT2D eigenvalue weighted by molar-refractivity contribution is 6.18. The fourth-order valence-corrected chi connectivity index (χ4v) is 4.16. The second-order valence-corrected chi connectivity index (χ2v) is 7.63. The molecule has 0 heterocycles. The van der Waals surface area contributed by atoms with Crippen LogP contribution in [0.4, 0.5) is 0 Å². The quantitative estimate of drug-likeness (QED) is 0.660. The van der Waals surface area contributed by atoms with Gasteiger partial charge in [0.05, 0.1) is 23.2 Å². The molecule has 2 aliphatic carbocycles. The van der Waals surface area contributed by atoms with Gasteiger partial charge in [0.1, 0.15) is 11.5 Å². The SMILES string of the molecule is NC1=C(Oc2ccccc2)C(Oc2ccccc2)=C(N)C2C(=O)c3ccccc3C(=O)C12. The van der Waals surface area contributed by atoms with Gasteiger partial charge in [0.2, 0.25) is 0 Å². The van der Waals surface area contributed by atoms with Crippen molar-refractivity contribution in [3.63, 3.8) is 0 Å². The Bertz CT molecular complexity index is 1180. The Labute approximate surface area is 184 Å². The van der Waals surface area contributed by atoms with E-state index in [0.717, 1.165) is 0 Å². The van der Waals surface area contributed by atoms with E-state index in [4.69, 9.17) is 20.9 Å². The fourth-order valence-electron chi connectivity index (χ4n) is 4.16. The highest BCUT2D eigenvalue weighted by Gasteiger charge is 2.49. The second-order valence-electron chi connectivity index (χ2n) is 7.63. The third kappa shape index (κ3) is 3.13. The number of ether oxygens (including phenoxy) is 2. The van der Waals surface area contributed by atoms with Crippen LogP contribution in [0.1, 0.15) is 20.7 Å². The van der Waals surface area contributed by atoms with Crippen LogP contribution in [0.25, 0.3) is 0 Å². The van der Waals surface area contributed by atoms with E-state index in [2.05, 4.69) is 0 Å². The normalized spacial score (nSPS) is 20.0. The van der Waals surface area contributed by atoms with Crippen molar-refractivity contribution >= 4 is 11.6 Å². The van der Waals surface area contributed by atoms with Crippen molar-refractivity contribution in [3.05, 3.63) is 119 Å². The molecule has 4 N–H and O–H groups in total. The van der Waals surface area contributed by atoms with Crippen molar-refractivity contribution in [2.45, 2.75) is 0 Å². The van der Waals surface area contributed by atoms with Crippen molar-refractivity contribution in [2.75, 3.05) is 0 Å². The van der Waals surface area contributed by atoms with Crippen molar-refractivity contribution in [2.24, 2.45) is 23.3 Å². The van der Waals surface area contributed by atoms with E-state index in [1.54, 1.807) is 48.5 Å². The van der Waals surface area contributed by atoms with Gasteiger partial charge < -0.3 is 20.9 Å². The maximum atomic E-state index is 13.4. The third-order valence-corrected chi connectivity index (χ3v) is 5.68. The molecule has 0 fully saturated rings. The van der Waals surface area contributed by atoms with Crippen LogP contribution in [0.15, 0.2) is 108 Å². The molecule has 0 radical (unpaired) electrons. The average Bonchev–Trinajstić information content (AvgIpc) is 2.83. The van der Waals surface area contributed by atoms with Gasteiger partial charge in [-0.25, -0.2) is 0 Å². The van der Waals surface area contributed by atoms with Gasteiger partial charge in [-0.05, 0) is 24.3 Å². The van der Waals surface area contributed by atoms with Crippen LogP contribution in [-0.4, -0.2) is 11.6 Å². The second kappa shape index (κ2) is 7.74. The van der Waals surface area contributed by atoms with E-state index in [9.17, 15) is 9.59 Å². The molecule has 3 aromatic carbocycles. The molecule has 0 amide bonds. The lowest BCUT2D eigenvalue weighted by atomic mass is 9.69. The predicted octanol–water partition coefficient (Wildman–Crippen LogP) is 3.81. The largest absolute Gasteiger partial charge is 0.452 e. The Morgan fingerprint density at radius 3 is 1.25 bits per heavy atom. The lowest BCUT2D eigenvalue weighted by Crippen LogP contribution is -2.46. The van der Waals surface area contributed by atoms with E-state index >= 15 is 0 Å². The molecule has 2 aliphatic rings. The van der Waals surface area contributed by atoms with Gasteiger partial charge in [-0.3, -0.25) is 9.59 Å². The number of nitrogens with two attached hydrogens (primary N) is 2. The zero-order valence-corrected chi connectivity index (χ0v) is 17.0. The Balaban J connectivity index is 1.68. The molecule has 0 saturated heterocycles. The summed E-state index contributed by atoms with van der Waals surface area (Å²) >= 11 is 0. The predicted molar refractivity (Wildman–Crippen MR) is 119 cm³/mol. The third-order valence-electron chi connectivity index (χ3n) is 5.68. The van der Waals surface area contributed by atoms with Gasteiger partial charge in [-0.1, -0.05) is 60.7 Å². The van der Waals surface area contributed by atoms with Crippen LogP contribution in [0.5, 0.6) is 11.5 Å². The van der Waals surface area contributed by atoms with Gasteiger partial charge in [-0.15, -0.1) is 0 Å². The van der Waals surface area contributed by atoms with Gasteiger partial charge in [0, 0.05) is 11.1 Å². The number of carbonyl (C=O) groups is 2. The summed E-state index contributed by atoms with van der Waals surface area (Å²) in [4.78, 5) is 26.7. The summed E-state index contributed by atoms with van der Waals surface area (Å²) in [7, 11) is 0. The Kier molecular flexibility index (Phi) is 4.75. The number of fused-ring (bicyclic) bond motifs is 2. The van der Waals surface area contributed by atoms with Crippen LogP contribution in [0.3, 0.4) is 0 Å². The van der Waals surface area contributed by atoms with E-state index in [-0.39, 0.29) is 34.5 Å². The molecule has 0 saturated carbocycles. The maximum absolute atomic E-state index is 13.4. The van der Waals surface area contributed by atoms with E-state index in [1.807, 2.05) is 36.4 Å². The number of Topliss-reactive ketones (excluding diaryl/α,β-unsaturated/α-hetero) is 2. The molecule has 6 heteroatoms. The first-order chi connectivity index (χ1) is 15.6. The molecule has 6 nitrogen and oxygen atoms in total. The van der Waals surface area contributed by atoms with Crippen molar-refractivity contribution in [3.8, 4) is 11.5 Å². The Morgan fingerprint density at radius 2 is 0.875 bits per heavy atom. The highest BCUT2D eigenvalue weighted by atomic mass is 16.5. The maximum Gasteiger partial charge on any atom is 0.191 e. The first kappa shape index (κ1) is 19.6. The summed E-state index contributed by atoms with van der Waals surface area (Å²) in [6, 6.07) is 24.7. The average molecular weight is 424 g/mol. The molecule has 2 unspecified atom stereocenters. The first-order valence-electron chi connectivity index (χ1n) is 10.2. The lowest BCUT2D eigenvalue weighted by Gasteiger charge is -2.36. The summed E-state index contributed by atoms with van der Waals surface area (Å²) in [5.74, 6) is -1.17. The number of benzene rings is 3. The van der Waals surface area contributed by atoms with Crippen molar-refractivity contribution in [1.29, 1.82) is 0 Å². The summed E-state index contributed by atoms with van der Waals surface area (Å²) in [5, 5.41) is 0. The summed E-state index contributed by atoms with van der Waals surface area (Å²) < 4.78 is 12.1. The van der Waals surface area contributed by atoms with Crippen LogP contribution in [0.2, 0.25) is 0 Å². The van der Waals surface area contributed by atoms with Gasteiger partial charge in [-0.2, -0.15) is 0 Å². The van der Waals surface area contributed by atoms with Crippen LogP contribution < -0.4 is 20.9 Å². The standard InChI is InChI=1S/C26H20N2O4/c27-21-19-20(24(30)18-14-8-7-13-17(18)23(19)29)22(28)26(32-16-11-5-2-6-12-16)25(21)31-15-9-3-1-4-10-15/h1-14,19-20H,27-28H2. The molecule has 158 valence electrons. The van der Waals surface area contributed by atoms with E-state index < -0.39 is 11.8 Å². The number of carbonyl (C=O) groups excluding carboxylic acids is 2. The summed E-state index contributed by atoms with van der Waals surface area (Å²) in [6.07, 6.45) is 0. The highest BCUT2D eigenvalue weighted by Crippen LogP contribution is 2.43. The molecular weight excluding hydrogens is 404 g/mol. The van der Waals surface area contributed by atoms with Crippen molar-refractivity contribution in [1.82, 2.24) is 0 Å². The van der Waals surface area contributed by atoms with Gasteiger partial charge >= 0.3 is 0 Å². The number of hydrogen-bond acceptors (Lipinski definition) is 6. The zero-order chi connectivity index (χ0) is 22.2. The number of para-hydroxylation sites is 2. The molecule has 0 bridgehead atoms. The van der Waals surface area contributed by atoms with Crippen LogP contribution >= 0.6 is 0 Å². The van der Waals surface area contributed by atoms with Crippen molar-refractivity contribution < 1.29 is 19.1 Å². The number of ketones is 2. The smallest absolute Gasteiger partial charge is 0.191 e. The summed E-state index contributed by atoms with van der Waals surface area (Å²) in [5.41, 5.74) is 13.9. The molecule has 0 spiro atoms. The molecule has 32 heavy (non-hydrogen) atoms. The molecule has 0 aromatic heterocycles. The Morgan fingerprint density at radius 1 is 0.531 bits per heavy atom. The minimum absolute atomic E-state index is 0.117. The lowest BCUT2D eigenvalue weighted by molar-refractivity contribution is 0.0772. The zero-order valence-electron chi connectivity index (χ0n) is 17.0. The van der Waals surface area contributed by atoms with Gasteiger partial charge in [0.25, 0.3) is 0 Å². The molecule has 3 aromatic rings. The molecule has 0 aliphatic heterocycles. The number of hydrogen-bond donors (Lipinski definition) is 2. The molecule has 5 rings (SSSR count). The number of allylic oxidation sites excluding steroid dienone is 2. The Hall–Kier alpha value is -4.32. The monoisotopic (exact) mass is 424 g/mol. The molecule has 2 atom stereocenters. The summed E-state index contributed by atoms with van der Waals surface area (Å²) in [6.45, 7) is 0. The van der Waals surface area contributed by atoms with E-state index in [0.29, 0.717) is 22.6 Å². The van der Waals surface area contributed by atoms with E-state index in [1.165, 1.54) is 0 Å². The minimum Gasteiger partial charge on any atom is -0.452 e. The van der Waals surface area contributed by atoms with Crippen LogP contribution in [-0.2, 0) is 0 Å². The first-order valence-corrected chi connectivity index (χ1v) is 10.2. The minimum atomic E-state index is -0.959. The number of rotatable bonds is 4. The topological polar surface area (TPSA) is 105 Å². The van der Waals surface area contributed by atoms with Crippen LogP contribution in [0, 0.1) is 11.8 Å². The van der Waals surface area contributed by atoms with Gasteiger partial charge in [0.15, 0.2) is 23.1 Å². The molecular formula is C26H20N2O4. The fraction of sp³-hybridized carbons (Fsp3) is 0.0769.